The quantitative estimate of drug-likeness (QED) is 0.806. The van der Waals surface area contributed by atoms with Gasteiger partial charge in [-0.25, -0.2) is 13.1 Å². The number of nitrogens with two attached hydrogens (primary N) is 1. The first kappa shape index (κ1) is 15.5. The second-order valence-electron chi connectivity index (χ2n) is 4.01. The van der Waals surface area contributed by atoms with Gasteiger partial charge in [-0.15, -0.1) is 0 Å². The van der Waals surface area contributed by atoms with Crippen molar-refractivity contribution in [3.63, 3.8) is 0 Å². The third-order valence-electron chi connectivity index (χ3n) is 2.16. The van der Waals surface area contributed by atoms with Crippen molar-refractivity contribution in [1.82, 2.24) is 9.62 Å². The van der Waals surface area contributed by atoms with Gasteiger partial charge in [-0.3, -0.25) is 0 Å². The Morgan fingerprint density at radius 1 is 1.33 bits per heavy atom. The highest BCUT2D eigenvalue weighted by molar-refractivity contribution is 7.89. The minimum Gasteiger partial charge on any atom is -0.398 e. The highest BCUT2D eigenvalue weighted by atomic mass is 35.5. The lowest BCUT2D eigenvalue weighted by Gasteiger charge is -2.13. The lowest BCUT2D eigenvalue weighted by molar-refractivity contribution is 0.412. The van der Waals surface area contributed by atoms with E-state index < -0.39 is 10.0 Å². The summed E-state index contributed by atoms with van der Waals surface area (Å²) in [5, 5.41) is 0.307. The van der Waals surface area contributed by atoms with Gasteiger partial charge in [0.2, 0.25) is 10.0 Å². The number of nitrogens with one attached hydrogen (secondary N) is 1. The monoisotopic (exact) mass is 311 g/mol. The third-order valence-corrected chi connectivity index (χ3v) is 4.36. The number of halogens is 2. The first-order valence-corrected chi connectivity index (χ1v) is 7.37. The van der Waals surface area contributed by atoms with E-state index in [2.05, 4.69) is 4.72 Å². The molecule has 0 heterocycles. The standard InChI is InChI=1S/C10H15Cl2N3O2S/c1-15(2)4-3-14-18(16,17)10-8(12)5-7(11)6-9(10)13/h5-6,14H,3-4,13H2,1-2H3. The number of rotatable bonds is 5. The summed E-state index contributed by atoms with van der Waals surface area (Å²) >= 11 is 11.6. The largest absolute Gasteiger partial charge is 0.398 e. The van der Waals surface area contributed by atoms with Gasteiger partial charge < -0.3 is 10.6 Å². The smallest absolute Gasteiger partial charge is 0.244 e. The van der Waals surface area contributed by atoms with Crippen molar-refractivity contribution in [2.75, 3.05) is 32.9 Å². The fourth-order valence-corrected chi connectivity index (χ4v) is 3.34. The number of likely N-dealkylation sites (N-methyl/N-ethyl adjacent to an activating group) is 1. The zero-order chi connectivity index (χ0) is 13.9. The SMILES string of the molecule is CN(C)CCNS(=O)(=O)c1c(N)cc(Cl)cc1Cl. The Balaban J connectivity index is 2.99. The second kappa shape index (κ2) is 6.08. The van der Waals surface area contributed by atoms with Crippen molar-refractivity contribution < 1.29 is 8.42 Å². The van der Waals surface area contributed by atoms with Crippen LogP contribution in [0.3, 0.4) is 0 Å². The van der Waals surface area contributed by atoms with Gasteiger partial charge >= 0.3 is 0 Å². The van der Waals surface area contributed by atoms with Gasteiger partial charge in [-0.1, -0.05) is 23.2 Å². The van der Waals surface area contributed by atoms with Crippen LogP contribution in [0.15, 0.2) is 17.0 Å². The molecule has 0 saturated heterocycles. The number of hydrogen-bond acceptors (Lipinski definition) is 4. The second-order valence-corrected chi connectivity index (χ2v) is 6.55. The number of nitrogens with zero attached hydrogens (tertiary/aromatic N) is 1. The van der Waals surface area contributed by atoms with E-state index >= 15 is 0 Å². The molecule has 0 aliphatic rings. The van der Waals surface area contributed by atoms with Crippen LogP contribution in [-0.4, -0.2) is 40.5 Å². The molecule has 0 radical (unpaired) electrons. The summed E-state index contributed by atoms with van der Waals surface area (Å²) < 4.78 is 26.5. The molecule has 0 fully saturated rings. The van der Waals surface area contributed by atoms with Crippen molar-refractivity contribution in [3.05, 3.63) is 22.2 Å². The highest BCUT2D eigenvalue weighted by Gasteiger charge is 2.21. The first-order chi connectivity index (χ1) is 8.24. The molecule has 5 nitrogen and oxygen atoms in total. The molecule has 0 atom stereocenters. The summed E-state index contributed by atoms with van der Waals surface area (Å²) in [7, 11) is -0.0360. The van der Waals surface area contributed by atoms with E-state index in [9.17, 15) is 8.42 Å². The van der Waals surface area contributed by atoms with Crippen LogP contribution in [0.2, 0.25) is 10.0 Å². The lowest BCUT2D eigenvalue weighted by atomic mass is 10.3. The molecule has 0 aromatic heterocycles. The Labute approximate surface area is 117 Å². The Hall–Kier alpha value is -0.530. The van der Waals surface area contributed by atoms with Crippen molar-refractivity contribution in [2.24, 2.45) is 0 Å². The first-order valence-electron chi connectivity index (χ1n) is 5.13. The fourth-order valence-electron chi connectivity index (χ4n) is 1.34. The Morgan fingerprint density at radius 2 is 1.94 bits per heavy atom. The number of sulfonamides is 1. The maximum atomic E-state index is 12.0. The predicted octanol–water partition coefficient (Wildman–Crippen LogP) is 1.42. The molecular weight excluding hydrogens is 297 g/mol. The summed E-state index contributed by atoms with van der Waals surface area (Å²) in [6, 6.07) is 2.70. The average Bonchev–Trinajstić information content (AvgIpc) is 2.13. The van der Waals surface area contributed by atoms with Crippen LogP contribution in [-0.2, 0) is 10.0 Å². The molecule has 1 rings (SSSR count). The van der Waals surface area contributed by atoms with E-state index in [0.717, 1.165) is 0 Å². The topological polar surface area (TPSA) is 75.4 Å². The van der Waals surface area contributed by atoms with E-state index in [1.807, 2.05) is 19.0 Å². The number of anilines is 1. The maximum absolute atomic E-state index is 12.0. The summed E-state index contributed by atoms with van der Waals surface area (Å²) in [6.45, 7) is 0.845. The van der Waals surface area contributed by atoms with Gasteiger partial charge in [0, 0.05) is 18.1 Å². The van der Waals surface area contributed by atoms with Crippen LogP contribution in [0.1, 0.15) is 0 Å². The zero-order valence-electron chi connectivity index (χ0n) is 10.1. The fraction of sp³-hybridized carbons (Fsp3) is 0.400. The maximum Gasteiger partial charge on any atom is 0.244 e. The lowest BCUT2D eigenvalue weighted by Crippen LogP contribution is -2.32. The van der Waals surface area contributed by atoms with Crippen LogP contribution in [0.25, 0.3) is 0 Å². The zero-order valence-corrected chi connectivity index (χ0v) is 12.4. The highest BCUT2D eigenvalue weighted by Crippen LogP contribution is 2.30. The van der Waals surface area contributed by atoms with Gasteiger partial charge in [-0.05, 0) is 26.2 Å². The van der Waals surface area contributed by atoms with Crippen LogP contribution in [0.4, 0.5) is 5.69 Å². The van der Waals surface area contributed by atoms with Gasteiger partial charge in [0.25, 0.3) is 0 Å². The van der Waals surface area contributed by atoms with Crippen molar-refractivity contribution >= 4 is 38.9 Å². The molecule has 0 amide bonds. The summed E-state index contributed by atoms with van der Waals surface area (Å²) in [5.74, 6) is 0. The van der Waals surface area contributed by atoms with Crippen molar-refractivity contribution in [2.45, 2.75) is 4.90 Å². The van der Waals surface area contributed by atoms with Crippen molar-refractivity contribution in [3.8, 4) is 0 Å². The summed E-state index contributed by atoms with van der Waals surface area (Å²) in [5.41, 5.74) is 5.67. The summed E-state index contributed by atoms with van der Waals surface area (Å²) in [6.07, 6.45) is 0. The van der Waals surface area contributed by atoms with Gasteiger partial charge in [0.15, 0.2) is 0 Å². The molecule has 0 bridgehead atoms. The predicted molar refractivity (Wildman–Crippen MR) is 74.6 cm³/mol. The molecule has 102 valence electrons. The van der Waals surface area contributed by atoms with Crippen LogP contribution in [0, 0.1) is 0 Å². The number of benzene rings is 1. The average molecular weight is 312 g/mol. The van der Waals surface area contributed by atoms with E-state index in [0.29, 0.717) is 11.6 Å². The molecule has 1 aromatic rings. The molecule has 0 saturated carbocycles. The van der Waals surface area contributed by atoms with E-state index in [4.69, 9.17) is 28.9 Å². The van der Waals surface area contributed by atoms with E-state index in [-0.39, 0.29) is 22.2 Å². The molecule has 1 aromatic carbocycles. The molecule has 18 heavy (non-hydrogen) atoms. The molecule has 8 heteroatoms. The van der Waals surface area contributed by atoms with Gasteiger partial charge in [0.1, 0.15) is 4.90 Å². The van der Waals surface area contributed by atoms with Gasteiger partial charge in [-0.2, -0.15) is 0 Å². The van der Waals surface area contributed by atoms with E-state index in [1.54, 1.807) is 0 Å². The number of nitrogen functional groups attached to an aromatic ring is 1. The third kappa shape index (κ3) is 4.00. The van der Waals surface area contributed by atoms with E-state index in [1.165, 1.54) is 12.1 Å². The minimum atomic E-state index is -3.73. The normalized spacial score (nSPS) is 12.1. The van der Waals surface area contributed by atoms with Crippen molar-refractivity contribution in [1.29, 1.82) is 0 Å². The van der Waals surface area contributed by atoms with Crippen LogP contribution < -0.4 is 10.5 Å². The summed E-state index contributed by atoms with van der Waals surface area (Å²) in [4.78, 5) is 1.72. The van der Waals surface area contributed by atoms with Crippen LogP contribution in [0.5, 0.6) is 0 Å². The Morgan fingerprint density at radius 3 is 2.44 bits per heavy atom. The molecule has 0 unspecified atom stereocenters. The minimum absolute atomic E-state index is 0.0114. The van der Waals surface area contributed by atoms with Gasteiger partial charge in [0.05, 0.1) is 10.7 Å². The molecule has 0 aliphatic carbocycles. The van der Waals surface area contributed by atoms with Crippen LogP contribution >= 0.6 is 23.2 Å². The Kier molecular flexibility index (Phi) is 5.24. The molecule has 3 N–H and O–H groups in total. The molecule has 0 aliphatic heterocycles. The number of hydrogen-bond donors (Lipinski definition) is 2. The Bertz CT molecular complexity index is 509. The molecular formula is C10H15Cl2N3O2S. The molecule has 0 spiro atoms.